The van der Waals surface area contributed by atoms with Crippen molar-refractivity contribution in [1.82, 2.24) is 60.2 Å². The van der Waals surface area contributed by atoms with Crippen molar-refractivity contribution in [2.45, 2.75) is 136 Å². The van der Waals surface area contributed by atoms with Gasteiger partial charge in [-0.3, -0.25) is 38.4 Å². The fourth-order valence-corrected chi connectivity index (χ4v) is 11.2. The average Bonchev–Trinajstić information content (AvgIpc) is 3.90. The molecule has 0 spiro atoms. The predicted molar refractivity (Wildman–Crippen MR) is 299 cm³/mol. The van der Waals surface area contributed by atoms with Gasteiger partial charge >= 0.3 is 0 Å². The van der Waals surface area contributed by atoms with Gasteiger partial charge in [0, 0.05) is 81.7 Å². The molecule has 9 rings (SSSR count). The zero-order valence-corrected chi connectivity index (χ0v) is 46.2. The van der Waals surface area contributed by atoms with Crippen molar-refractivity contribution in [1.29, 1.82) is 0 Å². The zero-order valence-electron chi connectivity index (χ0n) is 45.4. The van der Waals surface area contributed by atoms with Crippen molar-refractivity contribution in [2.24, 2.45) is 5.41 Å². The van der Waals surface area contributed by atoms with E-state index in [0.717, 1.165) is 109 Å². The van der Waals surface area contributed by atoms with Crippen molar-refractivity contribution in [3.8, 4) is 21.7 Å². The van der Waals surface area contributed by atoms with Crippen LogP contribution in [0.25, 0.3) is 27.3 Å². The van der Waals surface area contributed by atoms with Crippen LogP contribution in [0.4, 0.5) is 15.9 Å². The molecule has 5 amide bonds. The van der Waals surface area contributed by atoms with E-state index in [9.17, 15) is 24.0 Å². The first-order chi connectivity index (χ1) is 37.7. The Labute approximate surface area is 459 Å². The Kier molecular flexibility index (Phi) is 18.3. The number of unbranched alkanes of at least 4 members (excludes halogenated alkanes) is 7. The first-order valence-electron chi connectivity index (χ1n) is 27.8. The second kappa shape index (κ2) is 25.6. The van der Waals surface area contributed by atoms with Crippen LogP contribution in [0.3, 0.4) is 0 Å². The minimum absolute atomic E-state index is 0.0376. The summed E-state index contributed by atoms with van der Waals surface area (Å²) in [6, 6.07) is 11.2. The summed E-state index contributed by atoms with van der Waals surface area (Å²) in [4.78, 5) is 87.2. The van der Waals surface area contributed by atoms with Crippen LogP contribution in [0.1, 0.15) is 137 Å². The molecule has 0 bridgehead atoms. The molecule has 1 saturated carbocycles. The number of imidazole rings is 1. The number of nitrogens with one attached hydrogen (secondary N) is 5. The highest BCUT2D eigenvalue weighted by molar-refractivity contribution is 7.13. The number of hydrogen-bond acceptors (Lipinski definition) is 12. The van der Waals surface area contributed by atoms with Crippen LogP contribution < -0.4 is 21.3 Å². The van der Waals surface area contributed by atoms with Gasteiger partial charge in [0.25, 0.3) is 5.91 Å². The van der Waals surface area contributed by atoms with Crippen LogP contribution >= 0.6 is 11.3 Å². The number of aryl methyl sites for hydroxylation is 1. The molecule has 3 fully saturated rings. The third-order valence-corrected chi connectivity index (χ3v) is 16.1. The van der Waals surface area contributed by atoms with E-state index in [1.807, 2.05) is 73.0 Å². The molecule has 78 heavy (non-hydrogen) atoms. The molecule has 5 N–H and O–H groups in total. The van der Waals surface area contributed by atoms with Gasteiger partial charge in [-0.05, 0) is 80.2 Å². The maximum Gasteiger partial charge on any atom is 0.254 e. The van der Waals surface area contributed by atoms with E-state index < -0.39 is 23.3 Å². The number of aromatic nitrogens is 6. The molecule has 1 aliphatic carbocycles. The Morgan fingerprint density at radius 3 is 2.26 bits per heavy atom. The van der Waals surface area contributed by atoms with E-state index in [1.165, 1.54) is 6.07 Å². The molecule has 4 aromatic heterocycles. The lowest BCUT2D eigenvalue weighted by atomic mass is 9.85. The standard InChI is InChI=1S/C58H74FN13O5S/c1-38-51(78-37-63-38)41-18-16-39(17-19-41)31-62-55(75)47-14-13-25-71(47)57(77)52(58(2,3)4)68-49(73)15-11-9-7-5-6-8-10-12-24-60-50(74)36-69-26-28-70(29-27-69)56(76)42-22-23-45(44(59)30-42)66-53-54-61-34-48(43-32-64-65-33-43)72(54)35-46(67-53)40-20-21-40/h16-19,22-23,30,32-35,37,40,47,52H,5-15,20-21,24-29,31,36H2,1-4H3,(H,60,74)(H,62,75)(H,64,65)(H,66,67)(H,68,73)/t47-,52+/m0/s1. The molecule has 6 heterocycles. The smallest absolute Gasteiger partial charge is 0.254 e. The monoisotopic (exact) mass is 1080 g/mol. The van der Waals surface area contributed by atoms with E-state index in [-0.39, 0.29) is 47.3 Å². The molecule has 2 aliphatic heterocycles. The van der Waals surface area contributed by atoms with Crippen LogP contribution in [-0.4, -0.2) is 132 Å². The highest BCUT2D eigenvalue weighted by Gasteiger charge is 2.42. The Hall–Kier alpha value is -7.06. The molecule has 2 aromatic carbocycles. The lowest BCUT2D eigenvalue weighted by Crippen LogP contribution is -2.57. The number of hydrogen-bond donors (Lipinski definition) is 5. The summed E-state index contributed by atoms with van der Waals surface area (Å²) in [5.41, 5.74) is 7.99. The number of benzene rings is 2. The zero-order chi connectivity index (χ0) is 54.8. The molecular weight excluding hydrogens is 1010 g/mol. The lowest BCUT2D eigenvalue weighted by molar-refractivity contribution is -0.143. The summed E-state index contributed by atoms with van der Waals surface area (Å²) in [7, 11) is 0. The van der Waals surface area contributed by atoms with Crippen molar-refractivity contribution >= 4 is 58.0 Å². The largest absolute Gasteiger partial charge is 0.355 e. The molecule has 3 aliphatic rings. The molecule has 414 valence electrons. The molecule has 0 unspecified atom stereocenters. The summed E-state index contributed by atoms with van der Waals surface area (Å²) >= 11 is 1.60. The van der Waals surface area contributed by atoms with Crippen LogP contribution in [0.15, 0.2) is 72.8 Å². The van der Waals surface area contributed by atoms with E-state index in [0.29, 0.717) is 76.0 Å². The fraction of sp³-hybridized carbons (Fsp3) is 0.500. The summed E-state index contributed by atoms with van der Waals surface area (Å²) in [6.45, 7) is 11.5. The number of fused-ring (bicyclic) bond motifs is 1. The van der Waals surface area contributed by atoms with Gasteiger partial charge in [-0.25, -0.2) is 19.3 Å². The Morgan fingerprint density at radius 1 is 0.833 bits per heavy atom. The first-order valence-corrected chi connectivity index (χ1v) is 28.7. The Balaban J connectivity index is 0.611. The number of carbonyl (C=O) groups excluding carboxylic acids is 5. The first kappa shape index (κ1) is 55.7. The Morgan fingerprint density at radius 2 is 1.58 bits per heavy atom. The van der Waals surface area contributed by atoms with Crippen molar-refractivity contribution in [3.05, 3.63) is 101 Å². The number of halogens is 1. The number of H-pyrrole nitrogens is 1. The summed E-state index contributed by atoms with van der Waals surface area (Å²) in [5.74, 6) is -0.614. The number of rotatable bonds is 24. The van der Waals surface area contributed by atoms with Crippen molar-refractivity contribution in [2.75, 3.05) is 51.1 Å². The molecule has 6 aromatic rings. The van der Waals surface area contributed by atoms with Crippen LogP contribution in [0, 0.1) is 18.2 Å². The Bertz CT molecular complexity index is 3030. The average molecular weight is 1080 g/mol. The number of nitrogens with zero attached hydrogens (tertiary/aromatic N) is 8. The van der Waals surface area contributed by atoms with Crippen molar-refractivity contribution < 1.29 is 28.4 Å². The number of anilines is 2. The van der Waals surface area contributed by atoms with Gasteiger partial charge in [-0.1, -0.05) is 83.6 Å². The second-order valence-electron chi connectivity index (χ2n) is 22.2. The third-order valence-electron chi connectivity index (χ3n) is 15.1. The van der Waals surface area contributed by atoms with E-state index in [2.05, 4.69) is 41.4 Å². The fourth-order valence-electron chi connectivity index (χ4n) is 10.4. The number of piperazine rings is 1. The van der Waals surface area contributed by atoms with Gasteiger partial charge in [0.05, 0.1) is 52.1 Å². The van der Waals surface area contributed by atoms with E-state index >= 15 is 4.39 Å². The second-order valence-corrected chi connectivity index (χ2v) is 23.0. The summed E-state index contributed by atoms with van der Waals surface area (Å²) < 4.78 is 17.6. The molecule has 2 atom stereocenters. The number of likely N-dealkylation sites (tertiary alicyclic amines) is 1. The number of amides is 5. The number of carbonyl (C=O) groups is 5. The van der Waals surface area contributed by atoms with Crippen molar-refractivity contribution in [3.63, 3.8) is 0 Å². The van der Waals surface area contributed by atoms with Gasteiger partial charge < -0.3 is 31.1 Å². The van der Waals surface area contributed by atoms with Gasteiger partial charge in [0.1, 0.15) is 17.9 Å². The maximum atomic E-state index is 15.6. The highest BCUT2D eigenvalue weighted by atomic mass is 32.1. The minimum atomic E-state index is -0.743. The summed E-state index contributed by atoms with van der Waals surface area (Å²) in [6.07, 6.45) is 18.8. The van der Waals surface area contributed by atoms with Crippen LogP contribution in [-0.2, 0) is 25.7 Å². The van der Waals surface area contributed by atoms with Gasteiger partial charge in [-0.2, -0.15) is 5.10 Å². The molecular formula is C58H74FN13O5S. The quantitative estimate of drug-likeness (QED) is 0.0362. The number of aromatic amines is 1. The molecule has 2 saturated heterocycles. The molecule has 0 radical (unpaired) electrons. The van der Waals surface area contributed by atoms with E-state index in [4.69, 9.17) is 4.98 Å². The normalized spacial score (nSPS) is 16.3. The minimum Gasteiger partial charge on any atom is -0.355 e. The van der Waals surface area contributed by atoms with Crippen LogP contribution in [0.2, 0.25) is 0 Å². The third kappa shape index (κ3) is 14.2. The SMILES string of the molecule is Cc1ncsc1-c1ccc(CNC(=O)[C@@H]2CCCN2C(=O)[C@@H](NC(=O)CCCCCCCCCCNC(=O)CN2CCN(C(=O)c3ccc(Nc4nc(C5CC5)cn5c(-c6cn[nH]c6)cnc45)c(F)c3)CC2)C(C)(C)C)cc1. The van der Waals surface area contributed by atoms with Gasteiger partial charge in [0.15, 0.2) is 11.5 Å². The van der Waals surface area contributed by atoms with E-state index in [1.54, 1.807) is 51.9 Å². The lowest BCUT2D eigenvalue weighted by Gasteiger charge is -2.35. The number of thiazole rings is 1. The predicted octanol–water partition coefficient (Wildman–Crippen LogP) is 8.53. The van der Waals surface area contributed by atoms with Gasteiger partial charge in [-0.15, -0.1) is 11.3 Å². The molecule has 18 nitrogen and oxygen atoms in total. The summed E-state index contributed by atoms with van der Waals surface area (Å²) in [5, 5.41) is 19.2. The maximum absolute atomic E-state index is 15.6. The van der Waals surface area contributed by atoms with Crippen LogP contribution in [0.5, 0.6) is 0 Å². The van der Waals surface area contributed by atoms with Gasteiger partial charge in [0.2, 0.25) is 23.6 Å². The topological polar surface area (TPSA) is 215 Å². The molecule has 20 heteroatoms. The highest BCUT2D eigenvalue weighted by Crippen LogP contribution is 2.41.